The summed E-state index contributed by atoms with van der Waals surface area (Å²) in [5.41, 5.74) is 1.06. The summed E-state index contributed by atoms with van der Waals surface area (Å²) in [6.45, 7) is 6.86. The molecule has 0 unspecified atom stereocenters. The van der Waals surface area contributed by atoms with E-state index in [1.165, 1.54) is 6.07 Å². The Morgan fingerprint density at radius 1 is 1.22 bits per heavy atom. The maximum absolute atomic E-state index is 14.5. The molecule has 0 saturated carbocycles. The number of urea groups is 1. The second-order valence-corrected chi connectivity index (χ2v) is 6.45. The minimum atomic E-state index is -0.314. The highest BCUT2D eigenvalue weighted by atomic mass is 19.1. The molecule has 2 aliphatic heterocycles. The molecule has 0 spiro atoms. The summed E-state index contributed by atoms with van der Waals surface area (Å²) in [5.74, 6) is -0.314. The topological polar surface area (TPSA) is 44.8 Å². The maximum Gasteiger partial charge on any atom is 0.321 e. The number of morpholine rings is 1. The predicted octanol–water partition coefficient (Wildman–Crippen LogP) is 3.07. The Balaban J connectivity index is 1.69. The van der Waals surface area contributed by atoms with E-state index in [4.69, 9.17) is 4.74 Å². The number of carbonyl (C=O) groups excluding carboxylic acids is 1. The third-order valence-corrected chi connectivity index (χ3v) is 4.35. The molecule has 2 atom stereocenters. The molecule has 0 bridgehead atoms. The first kappa shape index (κ1) is 16.1. The van der Waals surface area contributed by atoms with Crippen molar-refractivity contribution >= 4 is 17.4 Å². The number of likely N-dealkylation sites (tertiary alicyclic amines) is 1. The highest BCUT2D eigenvalue weighted by Crippen LogP contribution is 2.26. The zero-order valence-electron chi connectivity index (χ0n) is 13.7. The number of anilines is 2. The van der Waals surface area contributed by atoms with Crippen molar-refractivity contribution in [2.24, 2.45) is 0 Å². The number of carbonyl (C=O) groups is 1. The second kappa shape index (κ2) is 6.74. The minimum absolute atomic E-state index is 0.0766. The number of benzene rings is 1. The van der Waals surface area contributed by atoms with Gasteiger partial charge in [-0.15, -0.1) is 0 Å². The van der Waals surface area contributed by atoms with Gasteiger partial charge in [0.1, 0.15) is 5.82 Å². The summed E-state index contributed by atoms with van der Waals surface area (Å²) in [6, 6.07) is 4.74. The predicted molar refractivity (Wildman–Crippen MR) is 88.4 cm³/mol. The molecular formula is C17H24FN3O2. The van der Waals surface area contributed by atoms with Crippen LogP contribution in [0.25, 0.3) is 0 Å². The number of rotatable bonds is 2. The summed E-state index contributed by atoms with van der Waals surface area (Å²) in [6.07, 6.45) is 2.22. The third kappa shape index (κ3) is 3.75. The van der Waals surface area contributed by atoms with E-state index < -0.39 is 0 Å². The second-order valence-electron chi connectivity index (χ2n) is 6.45. The quantitative estimate of drug-likeness (QED) is 0.910. The van der Waals surface area contributed by atoms with Gasteiger partial charge in [0.25, 0.3) is 0 Å². The minimum Gasteiger partial charge on any atom is -0.372 e. The molecule has 2 aliphatic rings. The van der Waals surface area contributed by atoms with Crippen LogP contribution in [0.5, 0.6) is 0 Å². The molecule has 5 nitrogen and oxygen atoms in total. The average Bonchev–Trinajstić information content (AvgIpc) is 3.00. The van der Waals surface area contributed by atoms with E-state index in [0.29, 0.717) is 24.5 Å². The van der Waals surface area contributed by atoms with Crippen LogP contribution in [-0.4, -0.2) is 49.3 Å². The average molecular weight is 321 g/mol. The van der Waals surface area contributed by atoms with Crippen LogP contribution in [0.1, 0.15) is 26.7 Å². The van der Waals surface area contributed by atoms with Gasteiger partial charge in [-0.2, -0.15) is 0 Å². The first-order chi connectivity index (χ1) is 11.0. The lowest BCUT2D eigenvalue weighted by atomic mass is 10.2. The first-order valence-electron chi connectivity index (χ1n) is 8.29. The van der Waals surface area contributed by atoms with Gasteiger partial charge in [-0.05, 0) is 44.9 Å². The molecule has 6 heteroatoms. The van der Waals surface area contributed by atoms with Crippen molar-refractivity contribution in [3.8, 4) is 0 Å². The summed E-state index contributed by atoms with van der Waals surface area (Å²) < 4.78 is 20.2. The number of amides is 2. The summed E-state index contributed by atoms with van der Waals surface area (Å²) in [4.78, 5) is 15.8. The van der Waals surface area contributed by atoms with Gasteiger partial charge in [0.05, 0.1) is 17.9 Å². The van der Waals surface area contributed by atoms with E-state index in [9.17, 15) is 9.18 Å². The Kier molecular flexibility index (Phi) is 4.71. The highest BCUT2D eigenvalue weighted by molar-refractivity contribution is 5.89. The van der Waals surface area contributed by atoms with Gasteiger partial charge in [-0.25, -0.2) is 9.18 Å². The van der Waals surface area contributed by atoms with Crippen LogP contribution in [0.3, 0.4) is 0 Å². The zero-order chi connectivity index (χ0) is 16.4. The first-order valence-corrected chi connectivity index (χ1v) is 8.29. The lowest BCUT2D eigenvalue weighted by molar-refractivity contribution is -0.00539. The Morgan fingerprint density at radius 3 is 2.48 bits per heavy atom. The zero-order valence-corrected chi connectivity index (χ0v) is 13.7. The van der Waals surface area contributed by atoms with E-state index in [0.717, 1.165) is 25.9 Å². The monoisotopic (exact) mass is 321 g/mol. The standard InChI is InChI=1S/C17H24FN3O2/c1-12-10-21(11-13(2)23-12)16-6-5-14(9-15(16)18)19-17(22)20-7-3-4-8-20/h5-6,9,12-13H,3-4,7-8,10-11H2,1-2H3,(H,19,22)/t12-,13-/m0/s1. The van der Waals surface area contributed by atoms with Crippen LogP contribution >= 0.6 is 0 Å². The van der Waals surface area contributed by atoms with Crippen LogP contribution in [0, 0.1) is 5.82 Å². The molecule has 1 aromatic carbocycles. The lowest BCUT2D eigenvalue weighted by Gasteiger charge is -2.37. The van der Waals surface area contributed by atoms with E-state index in [1.807, 2.05) is 18.7 Å². The maximum atomic E-state index is 14.5. The number of hydrogen-bond donors (Lipinski definition) is 1. The SMILES string of the molecule is C[C@H]1CN(c2ccc(NC(=O)N3CCCC3)cc2F)C[C@H](C)O1. The Labute approximate surface area is 136 Å². The molecule has 2 heterocycles. The smallest absolute Gasteiger partial charge is 0.321 e. The molecule has 2 amide bonds. The molecule has 0 radical (unpaired) electrons. The van der Waals surface area contributed by atoms with Crippen LogP contribution in [-0.2, 0) is 4.74 Å². The molecule has 0 aliphatic carbocycles. The van der Waals surface area contributed by atoms with Gasteiger partial charge in [-0.1, -0.05) is 0 Å². The van der Waals surface area contributed by atoms with E-state index in [-0.39, 0.29) is 24.1 Å². The van der Waals surface area contributed by atoms with Gasteiger partial charge in [-0.3, -0.25) is 0 Å². The number of ether oxygens (including phenoxy) is 1. The largest absolute Gasteiger partial charge is 0.372 e. The van der Waals surface area contributed by atoms with E-state index in [2.05, 4.69) is 5.32 Å². The third-order valence-electron chi connectivity index (χ3n) is 4.35. The molecule has 1 aromatic rings. The molecule has 3 rings (SSSR count). The molecule has 126 valence electrons. The normalized spacial score (nSPS) is 24.8. The van der Waals surface area contributed by atoms with Crippen LogP contribution in [0.2, 0.25) is 0 Å². The van der Waals surface area contributed by atoms with E-state index >= 15 is 0 Å². The summed E-state index contributed by atoms with van der Waals surface area (Å²) in [5, 5.41) is 2.78. The molecule has 2 saturated heterocycles. The molecular weight excluding hydrogens is 297 g/mol. The van der Waals surface area contributed by atoms with Gasteiger partial charge in [0, 0.05) is 31.9 Å². The number of nitrogens with one attached hydrogen (secondary N) is 1. The number of halogens is 1. The highest BCUT2D eigenvalue weighted by Gasteiger charge is 2.24. The van der Waals surface area contributed by atoms with Crippen molar-refractivity contribution in [2.75, 3.05) is 36.4 Å². The van der Waals surface area contributed by atoms with Crippen molar-refractivity contribution in [1.82, 2.24) is 4.90 Å². The number of hydrogen-bond acceptors (Lipinski definition) is 3. The Bertz CT molecular complexity index is 565. The number of nitrogens with zero attached hydrogens (tertiary/aromatic N) is 2. The van der Waals surface area contributed by atoms with Crippen LogP contribution in [0.4, 0.5) is 20.6 Å². The van der Waals surface area contributed by atoms with Crippen molar-refractivity contribution < 1.29 is 13.9 Å². The van der Waals surface area contributed by atoms with Crippen LogP contribution in [0.15, 0.2) is 18.2 Å². The van der Waals surface area contributed by atoms with Crippen LogP contribution < -0.4 is 10.2 Å². The fourth-order valence-corrected chi connectivity index (χ4v) is 3.34. The van der Waals surface area contributed by atoms with Crippen molar-refractivity contribution in [2.45, 2.75) is 38.9 Å². The fraction of sp³-hybridized carbons (Fsp3) is 0.588. The fourth-order valence-electron chi connectivity index (χ4n) is 3.34. The van der Waals surface area contributed by atoms with E-state index in [1.54, 1.807) is 17.0 Å². The Hall–Kier alpha value is -1.82. The van der Waals surface area contributed by atoms with Crippen molar-refractivity contribution in [3.63, 3.8) is 0 Å². The summed E-state index contributed by atoms with van der Waals surface area (Å²) >= 11 is 0. The van der Waals surface area contributed by atoms with Gasteiger partial charge in [0.15, 0.2) is 0 Å². The van der Waals surface area contributed by atoms with Gasteiger partial charge in [0.2, 0.25) is 0 Å². The molecule has 2 fully saturated rings. The van der Waals surface area contributed by atoms with Gasteiger partial charge < -0.3 is 19.9 Å². The van der Waals surface area contributed by atoms with Crippen molar-refractivity contribution in [1.29, 1.82) is 0 Å². The summed E-state index contributed by atoms with van der Waals surface area (Å²) in [7, 11) is 0. The van der Waals surface area contributed by atoms with Gasteiger partial charge >= 0.3 is 6.03 Å². The Morgan fingerprint density at radius 2 is 1.87 bits per heavy atom. The molecule has 23 heavy (non-hydrogen) atoms. The molecule has 0 aromatic heterocycles. The van der Waals surface area contributed by atoms with Crippen molar-refractivity contribution in [3.05, 3.63) is 24.0 Å². The lowest BCUT2D eigenvalue weighted by Crippen LogP contribution is -2.45. The molecule has 1 N–H and O–H groups in total.